The second-order valence-corrected chi connectivity index (χ2v) is 4.69. The summed E-state index contributed by atoms with van der Waals surface area (Å²) in [6.07, 6.45) is 8.62. The van der Waals surface area contributed by atoms with Crippen molar-refractivity contribution < 1.29 is 0 Å². The molecule has 0 unspecified atom stereocenters. The number of hydrogen-bond donors (Lipinski definition) is 0. The summed E-state index contributed by atoms with van der Waals surface area (Å²) >= 11 is 0. The van der Waals surface area contributed by atoms with Gasteiger partial charge >= 0.3 is 0 Å². The van der Waals surface area contributed by atoms with E-state index in [2.05, 4.69) is 55.0 Å². The van der Waals surface area contributed by atoms with Gasteiger partial charge in [-0.2, -0.15) is 6.42 Å². The quantitative estimate of drug-likeness (QED) is 0.571. The predicted molar refractivity (Wildman–Crippen MR) is 80.7 cm³/mol. The van der Waals surface area contributed by atoms with Gasteiger partial charge in [-0.1, -0.05) is 12.2 Å². The summed E-state index contributed by atoms with van der Waals surface area (Å²) in [6.45, 7) is 10.1. The molecule has 0 spiro atoms. The molecule has 2 nitrogen and oxygen atoms in total. The Kier molecular flexibility index (Phi) is 4.74. The molecule has 3 heteroatoms. The smallest absolute Gasteiger partial charge is 0.159 e. The first-order chi connectivity index (χ1) is 9.15. The maximum atomic E-state index is 4.41. The summed E-state index contributed by atoms with van der Waals surface area (Å²) < 4.78 is 0. The van der Waals surface area contributed by atoms with Crippen LogP contribution in [0.5, 0.6) is 0 Å². The van der Waals surface area contributed by atoms with Crippen molar-refractivity contribution in [3.8, 4) is 11.4 Å². The molecule has 20 heavy (non-hydrogen) atoms. The van der Waals surface area contributed by atoms with Gasteiger partial charge in [0, 0.05) is 18.0 Å². The van der Waals surface area contributed by atoms with Crippen LogP contribution in [0.4, 0.5) is 0 Å². The third-order valence-corrected chi connectivity index (χ3v) is 3.18. The van der Waals surface area contributed by atoms with Gasteiger partial charge < -0.3 is 6.92 Å². The average Bonchev–Trinajstić information content (AvgIpc) is 2.43. The summed E-state index contributed by atoms with van der Waals surface area (Å²) in [5.41, 5.74) is 5.90. The molecule has 0 fully saturated rings. The Morgan fingerprint density at radius 3 is 2.10 bits per heavy atom. The van der Waals surface area contributed by atoms with Gasteiger partial charge in [-0.15, -0.1) is 0 Å². The molecule has 2 aromatic rings. The van der Waals surface area contributed by atoms with E-state index in [0.717, 1.165) is 23.4 Å². The number of benzene rings is 1. The number of rotatable bonds is 3. The SMILES string of the molecule is [CH2-]Cc1cnc(-c2cc(C)c(C=CC)c(C)c2)nc1.[Rf]. The summed E-state index contributed by atoms with van der Waals surface area (Å²) in [5.74, 6) is 0.774. The molecule has 0 atom stereocenters. The molecule has 1 aromatic carbocycles. The zero-order chi connectivity index (χ0) is 13.8. The van der Waals surface area contributed by atoms with Crippen LogP contribution >= 0.6 is 0 Å². The van der Waals surface area contributed by atoms with Crippen LogP contribution in [0.2, 0.25) is 0 Å². The van der Waals surface area contributed by atoms with E-state index in [1.807, 2.05) is 19.3 Å². The van der Waals surface area contributed by atoms with Crippen LogP contribution in [0.3, 0.4) is 0 Å². The monoisotopic (exact) mass is 518 g/mol. The van der Waals surface area contributed by atoms with E-state index >= 15 is 0 Å². The molecule has 2 rings (SSSR count). The Balaban J connectivity index is 0.00000200. The standard InChI is InChI=1S/C17H19N2.Rf/c1-5-7-16-12(3)8-15(9-13(16)4)17-18-10-14(6-2)11-19-17;/h5,7-11H,2,6H2,1,3-4H3;/q-1;. The van der Waals surface area contributed by atoms with Gasteiger partial charge in [0.15, 0.2) is 5.82 Å². The average molecular weight is 518 g/mol. The van der Waals surface area contributed by atoms with E-state index in [4.69, 9.17) is 0 Å². The molecule has 0 aliphatic carbocycles. The van der Waals surface area contributed by atoms with E-state index in [1.54, 1.807) is 0 Å². The molecule has 0 N–H and O–H groups in total. The molecule has 0 aliphatic heterocycles. The largest absolute Gasteiger partial charge is 0.339 e. The second kappa shape index (κ2) is 6.28. The normalized spacial score (nSPS) is 10.6. The summed E-state index contributed by atoms with van der Waals surface area (Å²) in [6, 6.07) is 4.28. The van der Waals surface area contributed by atoms with Crippen molar-refractivity contribution in [2.45, 2.75) is 27.2 Å². The van der Waals surface area contributed by atoms with Gasteiger partial charge in [-0.3, -0.25) is 0 Å². The van der Waals surface area contributed by atoms with Gasteiger partial charge in [0.25, 0.3) is 0 Å². The van der Waals surface area contributed by atoms with Gasteiger partial charge in [0.2, 0.25) is 0 Å². The molecule has 0 saturated carbocycles. The van der Waals surface area contributed by atoms with Crippen molar-refractivity contribution in [2.75, 3.05) is 0 Å². The second-order valence-electron chi connectivity index (χ2n) is 4.69. The predicted octanol–water partition coefficient (Wildman–Crippen LogP) is 4.17. The summed E-state index contributed by atoms with van der Waals surface area (Å²) in [4.78, 5) is 8.82. The van der Waals surface area contributed by atoms with Crippen LogP contribution in [0, 0.1) is 20.8 Å². The van der Waals surface area contributed by atoms with Crippen LogP contribution in [-0.4, -0.2) is 9.97 Å². The molecular weight excluding hydrogens is 499 g/mol. The van der Waals surface area contributed by atoms with Crippen LogP contribution < -0.4 is 0 Å². The van der Waals surface area contributed by atoms with Crippen molar-refractivity contribution in [1.82, 2.24) is 9.97 Å². The minimum Gasteiger partial charge on any atom is -0.339 e. The van der Waals surface area contributed by atoms with Gasteiger partial charge in [-0.25, -0.2) is 9.97 Å². The minimum atomic E-state index is 0. The first kappa shape index (κ1) is 15.1. The van der Waals surface area contributed by atoms with Crippen molar-refractivity contribution >= 4 is 6.08 Å². The fourth-order valence-electron chi connectivity index (χ4n) is 2.17. The molecule has 100 valence electrons. The number of allylic oxidation sites excluding steroid dienone is 1. The van der Waals surface area contributed by atoms with E-state index in [9.17, 15) is 0 Å². The Morgan fingerprint density at radius 1 is 1.10 bits per heavy atom. The fourth-order valence-corrected chi connectivity index (χ4v) is 2.17. The van der Waals surface area contributed by atoms with Crippen molar-refractivity contribution in [2.24, 2.45) is 0 Å². The third-order valence-electron chi connectivity index (χ3n) is 3.18. The molecular formula is C17H19N2Rf-. The molecule has 0 amide bonds. The van der Waals surface area contributed by atoms with Crippen molar-refractivity contribution in [3.05, 3.63) is 59.8 Å². The minimum absolute atomic E-state index is 0. The fraction of sp³-hybridized carbons (Fsp3) is 0.235. The number of aryl methyl sites for hydroxylation is 2. The topological polar surface area (TPSA) is 25.8 Å². The molecule has 0 radical (unpaired) electrons. The van der Waals surface area contributed by atoms with Gasteiger partial charge in [0.05, 0.1) is 0 Å². The Labute approximate surface area is 115 Å². The first-order valence-electron chi connectivity index (χ1n) is 6.50. The van der Waals surface area contributed by atoms with Crippen LogP contribution in [0.15, 0.2) is 30.6 Å². The molecule has 0 aliphatic rings. The van der Waals surface area contributed by atoms with Crippen LogP contribution in [0.1, 0.15) is 29.2 Å². The zero-order valence-electron chi connectivity index (χ0n) is 12.5. The molecule has 1 aromatic heterocycles. The van der Waals surface area contributed by atoms with Crippen molar-refractivity contribution in [1.29, 1.82) is 0 Å². The van der Waals surface area contributed by atoms with Gasteiger partial charge in [0.1, 0.15) is 0 Å². The maximum absolute atomic E-state index is 4.41. The maximum Gasteiger partial charge on any atom is 0.159 e. The first-order valence-corrected chi connectivity index (χ1v) is 6.50. The zero-order valence-corrected chi connectivity index (χ0v) is 18.9. The Hall–Kier alpha value is -2.96. The van der Waals surface area contributed by atoms with Crippen molar-refractivity contribution in [3.63, 3.8) is 0 Å². The van der Waals surface area contributed by atoms with Crippen LogP contribution in [-0.2, 0) is 6.42 Å². The molecule has 1 heterocycles. The third kappa shape index (κ3) is 2.89. The van der Waals surface area contributed by atoms with E-state index < -0.39 is 0 Å². The van der Waals surface area contributed by atoms with E-state index in [-0.39, 0.29) is 0 Å². The van der Waals surface area contributed by atoms with Crippen LogP contribution in [0.25, 0.3) is 17.5 Å². The Bertz CT molecular complexity index is 578. The summed E-state index contributed by atoms with van der Waals surface area (Å²) in [7, 11) is 0. The summed E-state index contributed by atoms with van der Waals surface area (Å²) in [5, 5.41) is 0. The Morgan fingerprint density at radius 2 is 1.65 bits per heavy atom. The molecule has 0 bridgehead atoms. The molecule has 0 saturated heterocycles. The van der Waals surface area contributed by atoms with Gasteiger partial charge in [-0.05, 0) is 55.2 Å². The number of hydrogen-bond acceptors (Lipinski definition) is 2. The van der Waals surface area contributed by atoms with E-state index in [0.29, 0.717) is 0 Å². The number of aromatic nitrogens is 2. The van der Waals surface area contributed by atoms with E-state index in [1.165, 1.54) is 16.7 Å². The number of nitrogens with zero attached hydrogens (tertiary/aromatic N) is 2.